The van der Waals surface area contributed by atoms with E-state index in [0.717, 1.165) is 0 Å². The number of halogens is 6. The molecule has 3 unspecified atom stereocenters. The van der Waals surface area contributed by atoms with Crippen LogP contribution in [0.15, 0.2) is 46.6 Å². The molecule has 3 atom stereocenters. The van der Waals surface area contributed by atoms with Gasteiger partial charge in [-0.1, -0.05) is 44.1 Å². The summed E-state index contributed by atoms with van der Waals surface area (Å²) in [5.74, 6) is -2.13. The standard InChI is InChI=1S/C19H12BrCl5N4O2S/c20-32-7-26-29-18(32)28-16(30)12-6-11(1-2-13(12)23)27-17(31)15-14(19(15,24)25)8-3-9(21)5-10(22)4-8/h1-7,14-15,32H,(H,27,31)(H,28,29,30). The topological polar surface area (TPSA) is 82.9 Å². The number of anilines is 1. The third-order valence-corrected chi connectivity index (χ3v) is 8.97. The number of nitrogens with one attached hydrogen (secondary N) is 2. The molecule has 0 aromatic heterocycles. The third-order valence-electron chi connectivity index (χ3n) is 4.79. The number of hydrogen-bond acceptors (Lipinski definition) is 4. The van der Waals surface area contributed by atoms with Crippen molar-refractivity contribution in [3.05, 3.63) is 62.6 Å². The SMILES string of the molecule is O=C(NC1=NN=C[SH]1Br)c1cc(NC(=O)C2C(c3cc(Cl)cc(Cl)c3)C2(Cl)Cl)ccc1Cl. The van der Waals surface area contributed by atoms with Crippen molar-refractivity contribution in [1.82, 2.24) is 5.32 Å². The average molecular weight is 618 g/mol. The smallest absolute Gasteiger partial charge is 0.258 e. The maximum atomic E-state index is 12.9. The second kappa shape index (κ2) is 9.33. The van der Waals surface area contributed by atoms with Gasteiger partial charge in [0.2, 0.25) is 5.91 Å². The Labute approximate surface area is 218 Å². The van der Waals surface area contributed by atoms with Gasteiger partial charge < -0.3 is 10.6 Å². The number of alkyl halides is 2. The van der Waals surface area contributed by atoms with Gasteiger partial charge in [-0.05, 0) is 56.8 Å². The highest BCUT2D eigenvalue weighted by Gasteiger charge is 2.67. The molecule has 2 aromatic rings. The van der Waals surface area contributed by atoms with Gasteiger partial charge in [-0.3, -0.25) is 9.59 Å². The Balaban J connectivity index is 1.50. The van der Waals surface area contributed by atoms with Crippen molar-refractivity contribution in [2.75, 3.05) is 5.32 Å². The van der Waals surface area contributed by atoms with Crippen molar-refractivity contribution in [2.24, 2.45) is 16.1 Å². The fourth-order valence-electron chi connectivity index (χ4n) is 3.29. The van der Waals surface area contributed by atoms with Gasteiger partial charge >= 0.3 is 0 Å². The van der Waals surface area contributed by atoms with Crippen LogP contribution in [0.1, 0.15) is 21.8 Å². The monoisotopic (exact) mass is 614 g/mol. The molecule has 1 aliphatic carbocycles. The van der Waals surface area contributed by atoms with Crippen LogP contribution in [-0.2, 0) is 4.79 Å². The lowest BCUT2D eigenvalue weighted by Gasteiger charge is -2.11. The fourth-order valence-corrected chi connectivity index (χ4v) is 6.19. The van der Waals surface area contributed by atoms with Crippen molar-refractivity contribution < 1.29 is 9.59 Å². The lowest BCUT2D eigenvalue weighted by Crippen LogP contribution is -2.29. The fraction of sp³-hybridized carbons (Fsp3) is 0.158. The van der Waals surface area contributed by atoms with E-state index in [1.54, 1.807) is 29.8 Å². The van der Waals surface area contributed by atoms with E-state index < -0.39 is 37.3 Å². The summed E-state index contributed by atoms with van der Waals surface area (Å²) < 4.78 is -1.32. The van der Waals surface area contributed by atoms with Gasteiger partial charge in [-0.2, -0.15) is 5.10 Å². The van der Waals surface area contributed by atoms with E-state index >= 15 is 0 Å². The summed E-state index contributed by atoms with van der Waals surface area (Å²) in [6.45, 7) is 0. The summed E-state index contributed by atoms with van der Waals surface area (Å²) in [5, 5.41) is 14.4. The van der Waals surface area contributed by atoms with Crippen molar-refractivity contribution in [3.63, 3.8) is 0 Å². The second-order valence-corrected chi connectivity index (χ2v) is 13.2. The maximum absolute atomic E-state index is 12.9. The Bertz CT molecular complexity index is 1170. The van der Waals surface area contributed by atoms with E-state index in [4.69, 9.17) is 58.0 Å². The van der Waals surface area contributed by atoms with Crippen LogP contribution in [0, 0.1) is 5.92 Å². The minimum Gasteiger partial charge on any atom is -0.326 e. The molecule has 2 aliphatic rings. The normalized spacial score (nSPS) is 24.1. The maximum Gasteiger partial charge on any atom is 0.258 e. The molecule has 6 nitrogen and oxygen atoms in total. The number of carbonyl (C=O) groups excluding carboxylic acids is 2. The Kier molecular flexibility index (Phi) is 7.04. The zero-order chi connectivity index (χ0) is 23.2. The minimum absolute atomic E-state index is 0.159. The lowest BCUT2D eigenvalue weighted by atomic mass is 10.1. The number of hydrogen-bond donors (Lipinski definition) is 3. The molecule has 2 amide bonds. The van der Waals surface area contributed by atoms with E-state index in [2.05, 4.69) is 35.6 Å². The first-order valence-corrected chi connectivity index (χ1v) is 14.2. The third kappa shape index (κ3) is 4.92. The zero-order valence-electron chi connectivity index (χ0n) is 15.6. The molecule has 2 N–H and O–H groups in total. The summed E-state index contributed by atoms with van der Waals surface area (Å²) in [4.78, 5) is 25.5. The van der Waals surface area contributed by atoms with E-state index in [9.17, 15) is 9.59 Å². The average Bonchev–Trinajstić information content (AvgIpc) is 3.07. The van der Waals surface area contributed by atoms with Crippen LogP contribution < -0.4 is 10.6 Å². The molecule has 2 aromatic carbocycles. The zero-order valence-corrected chi connectivity index (χ0v) is 21.9. The minimum atomic E-state index is -1.32. The van der Waals surface area contributed by atoms with Gasteiger partial charge in [-0.25, -0.2) is 0 Å². The number of benzene rings is 2. The van der Waals surface area contributed by atoms with Gasteiger partial charge in [0.25, 0.3) is 5.91 Å². The summed E-state index contributed by atoms with van der Waals surface area (Å²) in [7, 11) is -0.948. The van der Waals surface area contributed by atoms with Crippen LogP contribution >= 0.6 is 82.1 Å². The summed E-state index contributed by atoms with van der Waals surface area (Å²) in [5.41, 5.74) is 2.77. The molecule has 4 rings (SSSR count). The van der Waals surface area contributed by atoms with Gasteiger partial charge in [-0.15, -0.1) is 28.3 Å². The number of carbonyl (C=O) groups is 2. The largest absolute Gasteiger partial charge is 0.326 e. The van der Waals surface area contributed by atoms with Gasteiger partial charge in [0.05, 0.1) is 22.1 Å². The molecule has 1 fully saturated rings. The Morgan fingerprint density at radius 2 is 1.72 bits per heavy atom. The number of thiol groups is 1. The molecule has 168 valence electrons. The van der Waals surface area contributed by atoms with E-state index in [1.807, 2.05) is 0 Å². The predicted octanol–water partition coefficient (Wildman–Crippen LogP) is 6.53. The first-order chi connectivity index (χ1) is 15.1. The molecule has 13 heteroatoms. The van der Waals surface area contributed by atoms with Gasteiger partial charge in [0.15, 0.2) is 5.17 Å². The molecule has 1 saturated carbocycles. The lowest BCUT2D eigenvalue weighted by molar-refractivity contribution is -0.117. The summed E-state index contributed by atoms with van der Waals surface area (Å²) in [6, 6.07) is 9.46. The Hall–Kier alpha value is -1.000. The number of amidine groups is 1. The highest BCUT2D eigenvalue weighted by Crippen LogP contribution is 2.65. The van der Waals surface area contributed by atoms with Crippen molar-refractivity contribution in [2.45, 2.75) is 10.3 Å². The summed E-state index contributed by atoms with van der Waals surface area (Å²) >= 11 is 34.5. The van der Waals surface area contributed by atoms with E-state index in [1.165, 1.54) is 12.1 Å². The molecule has 1 heterocycles. The number of amides is 2. The van der Waals surface area contributed by atoms with Crippen LogP contribution in [0.25, 0.3) is 0 Å². The van der Waals surface area contributed by atoms with Crippen LogP contribution in [-0.4, -0.2) is 26.9 Å². The molecule has 0 saturated heterocycles. The van der Waals surface area contributed by atoms with E-state index in [-0.39, 0.29) is 10.6 Å². The van der Waals surface area contributed by atoms with Crippen LogP contribution in [0.4, 0.5) is 5.69 Å². The molecular weight excluding hydrogens is 605 g/mol. The van der Waals surface area contributed by atoms with Crippen LogP contribution in [0.3, 0.4) is 0 Å². The second-order valence-electron chi connectivity index (χ2n) is 6.94. The van der Waals surface area contributed by atoms with Gasteiger partial charge in [0, 0.05) is 21.7 Å². The molecule has 0 bridgehead atoms. The van der Waals surface area contributed by atoms with Crippen molar-refractivity contribution >= 4 is 110 Å². The van der Waals surface area contributed by atoms with Crippen LogP contribution in [0.2, 0.25) is 15.1 Å². The predicted molar refractivity (Wildman–Crippen MR) is 139 cm³/mol. The van der Waals surface area contributed by atoms with Gasteiger partial charge in [0.1, 0.15) is 4.33 Å². The molecular formula is C19H12BrCl5N4O2S. The Morgan fingerprint density at radius 1 is 1.03 bits per heavy atom. The molecule has 0 radical (unpaired) electrons. The first kappa shape index (κ1) is 24.1. The molecule has 0 spiro atoms. The molecule has 32 heavy (non-hydrogen) atoms. The Morgan fingerprint density at radius 3 is 2.34 bits per heavy atom. The van der Waals surface area contributed by atoms with Crippen LogP contribution in [0.5, 0.6) is 0 Å². The van der Waals surface area contributed by atoms with E-state index in [0.29, 0.717) is 26.5 Å². The molecule has 1 aliphatic heterocycles. The first-order valence-electron chi connectivity index (χ1n) is 8.89. The number of rotatable bonds is 4. The quantitative estimate of drug-likeness (QED) is 0.270. The summed E-state index contributed by atoms with van der Waals surface area (Å²) in [6.07, 6.45) is 0. The van der Waals surface area contributed by atoms with Crippen molar-refractivity contribution in [1.29, 1.82) is 0 Å². The van der Waals surface area contributed by atoms with Crippen molar-refractivity contribution in [3.8, 4) is 0 Å². The highest BCUT2D eigenvalue weighted by atomic mass is 79.9. The number of nitrogens with zero attached hydrogens (tertiary/aromatic N) is 2. The highest BCUT2D eigenvalue weighted by molar-refractivity contribution is 9.58.